The number of rotatable bonds is 3. The molecule has 3 nitrogen and oxygen atoms in total. The summed E-state index contributed by atoms with van der Waals surface area (Å²) >= 11 is 0. The topological polar surface area (TPSA) is 47.5 Å². The van der Waals surface area contributed by atoms with Gasteiger partial charge in [-0.05, 0) is 11.8 Å². The van der Waals surface area contributed by atoms with Crippen LogP contribution >= 0.6 is 0 Å². The predicted octanol–water partition coefficient (Wildman–Crippen LogP) is 0.345. The standard InChI is InChI=1S/C13H24N2O/c1-12(2)6-10-7-13(3,8-12)9-15(10)5-4-11(14)16/h10H,4-9H2,1-3H3,(H2,14,16)/p+1/t10-,13-/m1/s1. The first-order valence-corrected chi connectivity index (χ1v) is 6.43. The van der Waals surface area contributed by atoms with Crippen LogP contribution in [0, 0.1) is 10.8 Å². The predicted molar refractivity (Wildman–Crippen MR) is 64.0 cm³/mol. The van der Waals surface area contributed by atoms with Crippen LogP contribution in [0.2, 0.25) is 0 Å². The van der Waals surface area contributed by atoms with Crippen molar-refractivity contribution in [1.82, 2.24) is 0 Å². The molecule has 2 fully saturated rings. The number of carbonyl (C=O) groups is 1. The second-order valence-corrected chi connectivity index (χ2v) is 7.06. The summed E-state index contributed by atoms with van der Waals surface area (Å²) < 4.78 is 0. The van der Waals surface area contributed by atoms with E-state index in [1.54, 1.807) is 4.90 Å². The average molecular weight is 225 g/mol. The van der Waals surface area contributed by atoms with Gasteiger partial charge in [0.15, 0.2) is 0 Å². The van der Waals surface area contributed by atoms with E-state index in [2.05, 4.69) is 20.8 Å². The van der Waals surface area contributed by atoms with Gasteiger partial charge in [0.1, 0.15) is 0 Å². The van der Waals surface area contributed by atoms with Crippen molar-refractivity contribution >= 4 is 5.91 Å². The molecule has 1 aliphatic carbocycles. The molecule has 1 aliphatic heterocycles. The lowest BCUT2D eigenvalue weighted by Crippen LogP contribution is -3.14. The number of amides is 1. The van der Waals surface area contributed by atoms with E-state index in [1.807, 2.05) is 0 Å². The largest absolute Gasteiger partial charge is 0.369 e. The molecule has 1 heterocycles. The quantitative estimate of drug-likeness (QED) is 0.715. The van der Waals surface area contributed by atoms with Gasteiger partial charge in [-0.15, -0.1) is 0 Å². The number of hydrogen-bond acceptors (Lipinski definition) is 1. The van der Waals surface area contributed by atoms with Crippen LogP contribution in [0.1, 0.15) is 46.5 Å². The van der Waals surface area contributed by atoms with Gasteiger partial charge in [-0.25, -0.2) is 0 Å². The molecule has 1 saturated carbocycles. The van der Waals surface area contributed by atoms with Crippen LogP contribution in [0.25, 0.3) is 0 Å². The molecular formula is C13H25N2O+. The first kappa shape index (κ1) is 11.9. The lowest BCUT2D eigenvalue weighted by molar-refractivity contribution is -0.914. The molecule has 3 N–H and O–H groups in total. The van der Waals surface area contributed by atoms with E-state index in [9.17, 15) is 4.79 Å². The van der Waals surface area contributed by atoms with E-state index in [0.717, 1.165) is 12.6 Å². The van der Waals surface area contributed by atoms with Crippen molar-refractivity contribution in [2.24, 2.45) is 16.6 Å². The number of hydrogen-bond donors (Lipinski definition) is 2. The minimum absolute atomic E-state index is 0.154. The minimum Gasteiger partial charge on any atom is -0.369 e. The second-order valence-electron chi connectivity index (χ2n) is 7.06. The highest BCUT2D eigenvalue weighted by molar-refractivity contribution is 5.73. The van der Waals surface area contributed by atoms with E-state index in [1.165, 1.54) is 25.8 Å². The molecule has 2 aliphatic rings. The molecule has 1 amide bonds. The Hall–Kier alpha value is -0.570. The number of nitrogens with one attached hydrogen (secondary N) is 1. The third kappa shape index (κ3) is 2.40. The summed E-state index contributed by atoms with van der Waals surface area (Å²) in [5, 5.41) is 0. The highest BCUT2D eigenvalue weighted by Crippen LogP contribution is 2.47. The lowest BCUT2D eigenvalue weighted by Gasteiger charge is -2.37. The summed E-state index contributed by atoms with van der Waals surface area (Å²) in [7, 11) is 0. The number of primary amides is 1. The van der Waals surface area contributed by atoms with Gasteiger partial charge in [0.2, 0.25) is 5.91 Å². The van der Waals surface area contributed by atoms with E-state index in [-0.39, 0.29) is 5.91 Å². The number of quaternary nitrogens is 1. The fourth-order valence-electron chi connectivity index (χ4n) is 4.33. The van der Waals surface area contributed by atoms with E-state index >= 15 is 0 Å². The zero-order chi connectivity index (χ0) is 12.0. The van der Waals surface area contributed by atoms with Gasteiger partial charge in [0, 0.05) is 18.3 Å². The van der Waals surface area contributed by atoms with Crippen molar-refractivity contribution in [3.63, 3.8) is 0 Å². The normalized spacial score (nSPS) is 40.9. The number of fused-ring (bicyclic) bond motifs is 2. The number of likely N-dealkylation sites (tertiary alicyclic amines) is 1. The Bertz CT molecular complexity index is 300. The number of carbonyl (C=O) groups excluding carboxylic acids is 1. The monoisotopic (exact) mass is 225 g/mol. The molecule has 1 unspecified atom stereocenters. The Morgan fingerprint density at radius 1 is 1.38 bits per heavy atom. The summed E-state index contributed by atoms with van der Waals surface area (Å²) in [6, 6.07) is 0.757. The van der Waals surface area contributed by atoms with Gasteiger partial charge in [-0.3, -0.25) is 4.79 Å². The van der Waals surface area contributed by atoms with Crippen LogP contribution in [-0.2, 0) is 4.79 Å². The van der Waals surface area contributed by atoms with E-state index < -0.39 is 0 Å². The molecule has 16 heavy (non-hydrogen) atoms. The summed E-state index contributed by atoms with van der Waals surface area (Å²) in [6.45, 7) is 9.35. The smallest absolute Gasteiger partial charge is 0.223 e. The molecule has 0 aromatic rings. The zero-order valence-electron chi connectivity index (χ0n) is 10.8. The Kier molecular flexibility index (Phi) is 2.77. The molecule has 0 radical (unpaired) electrons. The lowest BCUT2D eigenvalue weighted by atomic mass is 9.65. The van der Waals surface area contributed by atoms with Gasteiger partial charge < -0.3 is 10.6 Å². The van der Waals surface area contributed by atoms with Crippen LogP contribution in [-0.4, -0.2) is 25.0 Å². The molecule has 92 valence electrons. The Balaban J connectivity index is 2.02. The summed E-state index contributed by atoms with van der Waals surface area (Å²) in [6.07, 6.45) is 4.51. The van der Waals surface area contributed by atoms with E-state index in [0.29, 0.717) is 17.3 Å². The third-order valence-electron chi connectivity index (χ3n) is 4.37. The minimum atomic E-state index is -0.154. The Morgan fingerprint density at radius 3 is 2.69 bits per heavy atom. The fraction of sp³-hybridized carbons (Fsp3) is 0.923. The van der Waals surface area contributed by atoms with Crippen molar-refractivity contribution < 1.29 is 9.69 Å². The van der Waals surface area contributed by atoms with Gasteiger partial charge in [-0.2, -0.15) is 0 Å². The molecule has 1 saturated heterocycles. The first-order chi connectivity index (χ1) is 7.30. The average Bonchev–Trinajstić information content (AvgIpc) is 2.31. The summed E-state index contributed by atoms with van der Waals surface area (Å²) in [4.78, 5) is 12.5. The fourth-order valence-corrected chi connectivity index (χ4v) is 4.33. The Morgan fingerprint density at radius 2 is 2.06 bits per heavy atom. The van der Waals surface area contributed by atoms with Gasteiger partial charge >= 0.3 is 0 Å². The zero-order valence-corrected chi connectivity index (χ0v) is 10.8. The third-order valence-corrected chi connectivity index (χ3v) is 4.37. The SMILES string of the molecule is CC1(C)C[C@@H]2C[C@@](C)(C[NH+]2CCC(N)=O)C1. The highest BCUT2D eigenvalue weighted by Gasteiger charge is 2.52. The maximum atomic E-state index is 10.9. The van der Waals surface area contributed by atoms with Crippen LogP contribution in [0.5, 0.6) is 0 Å². The summed E-state index contributed by atoms with van der Waals surface area (Å²) in [5.41, 5.74) is 6.22. The van der Waals surface area contributed by atoms with Crippen molar-refractivity contribution in [2.75, 3.05) is 13.1 Å². The van der Waals surface area contributed by atoms with Gasteiger partial charge in [0.05, 0.1) is 25.6 Å². The molecule has 2 rings (SSSR count). The maximum absolute atomic E-state index is 10.9. The van der Waals surface area contributed by atoms with Gasteiger partial charge in [-0.1, -0.05) is 20.8 Å². The molecule has 0 aromatic heterocycles. The molecule has 0 aromatic carbocycles. The van der Waals surface area contributed by atoms with Gasteiger partial charge in [0.25, 0.3) is 0 Å². The maximum Gasteiger partial charge on any atom is 0.223 e. The summed E-state index contributed by atoms with van der Waals surface area (Å²) in [5.74, 6) is -0.154. The second kappa shape index (κ2) is 3.73. The molecule has 2 bridgehead atoms. The van der Waals surface area contributed by atoms with Crippen LogP contribution < -0.4 is 10.6 Å². The molecule has 3 heteroatoms. The number of nitrogens with two attached hydrogens (primary N) is 1. The highest BCUT2D eigenvalue weighted by atomic mass is 16.1. The molecule has 3 atom stereocenters. The Labute approximate surface area is 98.4 Å². The van der Waals surface area contributed by atoms with E-state index in [4.69, 9.17) is 5.73 Å². The van der Waals surface area contributed by atoms with Crippen molar-refractivity contribution in [1.29, 1.82) is 0 Å². The van der Waals surface area contributed by atoms with Crippen molar-refractivity contribution in [3.8, 4) is 0 Å². The molecule has 0 spiro atoms. The van der Waals surface area contributed by atoms with Crippen molar-refractivity contribution in [2.45, 2.75) is 52.5 Å². The van der Waals surface area contributed by atoms with Crippen LogP contribution in [0.15, 0.2) is 0 Å². The van der Waals surface area contributed by atoms with Crippen LogP contribution in [0.3, 0.4) is 0 Å². The molecular weight excluding hydrogens is 200 g/mol. The first-order valence-electron chi connectivity index (χ1n) is 6.43. The van der Waals surface area contributed by atoms with Crippen LogP contribution in [0.4, 0.5) is 0 Å². The van der Waals surface area contributed by atoms with Crippen molar-refractivity contribution in [3.05, 3.63) is 0 Å².